The number of benzene rings is 2. The normalized spacial score (nSPS) is 14.6. The van der Waals surface area contributed by atoms with Crippen LogP contribution in [0.5, 0.6) is 0 Å². The lowest BCUT2D eigenvalue weighted by Gasteiger charge is -2.27. The maximum atomic E-state index is 11.9. The summed E-state index contributed by atoms with van der Waals surface area (Å²) in [5.41, 5.74) is 4.99. The third-order valence-electron chi connectivity index (χ3n) is 4.96. The van der Waals surface area contributed by atoms with Crippen LogP contribution in [0.3, 0.4) is 0 Å². The Morgan fingerprint density at radius 3 is 2.80 bits per heavy atom. The number of nitrogens with one attached hydrogen (secondary N) is 1. The second-order valence-electron chi connectivity index (χ2n) is 6.84. The standard InChI is InChI=1S/C22H19Cl2N3O3/c1-29-8-9-30-22(28)27-21-25-12-14-10-17(13-6-7-18(23)19(24)11-13)15-4-2-3-5-16(15)20(14)26-21/h2-7,11-12,17H,8-10H2,1H3,(H,25,26,27,28). The van der Waals surface area contributed by atoms with E-state index in [9.17, 15) is 4.79 Å². The molecule has 1 atom stereocenters. The van der Waals surface area contributed by atoms with Crippen LogP contribution in [0, 0.1) is 0 Å². The lowest BCUT2D eigenvalue weighted by molar-refractivity contribution is 0.107. The number of hydrogen-bond acceptors (Lipinski definition) is 5. The molecule has 0 fully saturated rings. The van der Waals surface area contributed by atoms with E-state index in [0.717, 1.165) is 27.9 Å². The summed E-state index contributed by atoms with van der Waals surface area (Å²) in [4.78, 5) is 20.8. The van der Waals surface area contributed by atoms with Crippen LogP contribution in [-0.2, 0) is 15.9 Å². The second-order valence-corrected chi connectivity index (χ2v) is 7.65. The first-order valence-electron chi connectivity index (χ1n) is 9.39. The van der Waals surface area contributed by atoms with Crippen molar-refractivity contribution in [2.75, 3.05) is 25.6 Å². The Bertz CT molecular complexity index is 1090. The van der Waals surface area contributed by atoms with Gasteiger partial charge in [-0.1, -0.05) is 53.5 Å². The number of carbonyl (C=O) groups excluding carboxylic acids is 1. The highest BCUT2D eigenvalue weighted by atomic mass is 35.5. The first-order chi connectivity index (χ1) is 14.6. The van der Waals surface area contributed by atoms with Crippen molar-refractivity contribution in [3.8, 4) is 11.3 Å². The van der Waals surface area contributed by atoms with Gasteiger partial charge in [-0.3, -0.25) is 5.32 Å². The molecule has 8 heteroatoms. The monoisotopic (exact) mass is 443 g/mol. The van der Waals surface area contributed by atoms with Gasteiger partial charge in [0.15, 0.2) is 0 Å². The van der Waals surface area contributed by atoms with E-state index in [4.69, 9.17) is 32.7 Å². The Kier molecular flexibility index (Phi) is 6.18. The van der Waals surface area contributed by atoms with E-state index >= 15 is 0 Å². The fourth-order valence-electron chi connectivity index (χ4n) is 3.57. The predicted molar refractivity (Wildman–Crippen MR) is 116 cm³/mol. The summed E-state index contributed by atoms with van der Waals surface area (Å²) in [6.07, 6.45) is 1.83. The Labute approximate surface area is 184 Å². The fourth-order valence-corrected chi connectivity index (χ4v) is 3.87. The van der Waals surface area contributed by atoms with Crippen molar-refractivity contribution in [1.29, 1.82) is 0 Å². The molecule has 0 spiro atoms. The highest BCUT2D eigenvalue weighted by molar-refractivity contribution is 6.42. The molecule has 0 radical (unpaired) electrons. The summed E-state index contributed by atoms with van der Waals surface area (Å²) in [7, 11) is 1.54. The molecular weight excluding hydrogens is 425 g/mol. The van der Waals surface area contributed by atoms with E-state index < -0.39 is 6.09 Å². The molecule has 1 amide bonds. The highest BCUT2D eigenvalue weighted by Gasteiger charge is 2.28. The van der Waals surface area contributed by atoms with Crippen molar-refractivity contribution in [2.45, 2.75) is 12.3 Å². The zero-order valence-electron chi connectivity index (χ0n) is 16.2. The largest absolute Gasteiger partial charge is 0.447 e. The zero-order valence-corrected chi connectivity index (χ0v) is 17.7. The van der Waals surface area contributed by atoms with Gasteiger partial charge in [0.05, 0.1) is 22.3 Å². The van der Waals surface area contributed by atoms with E-state index in [1.807, 2.05) is 36.4 Å². The predicted octanol–water partition coefficient (Wildman–Crippen LogP) is 5.33. The van der Waals surface area contributed by atoms with Crippen LogP contribution in [0.4, 0.5) is 10.7 Å². The fraction of sp³-hybridized carbons (Fsp3) is 0.227. The number of ether oxygens (including phenoxy) is 2. The van der Waals surface area contributed by atoms with Crippen molar-refractivity contribution in [3.05, 3.63) is 75.4 Å². The van der Waals surface area contributed by atoms with Crippen molar-refractivity contribution < 1.29 is 14.3 Å². The number of halogens is 2. The lowest BCUT2D eigenvalue weighted by Crippen LogP contribution is -2.19. The molecule has 0 saturated carbocycles. The minimum Gasteiger partial charge on any atom is -0.447 e. The maximum Gasteiger partial charge on any atom is 0.414 e. The smallest absolute Gasteiger partial charge is 0.414 e. The van der Waals surface area contributed by atoms with Crippen molar-refractivity contribution in [3.63, 3.8) is 0 Å². The summed E-state index contributed by atoms with van der Waals surface area (Å²) >= 11 is 12.4. The van der Waals surface area contributed by atoms with Crippen LogP contribution in [-0.4, -0.2) is 36.4 Å². The van der Waals surface area contributed by atoms with Gasteiger partial charge in [0.1, 0.15) is 6.61 Å². The van der Waals surface area contributed by atoms with Gasteiger partial charge in [0.2, 0.25) is 5.95 Å². The Balaban J connectivity index is 1.65. The third kappa shape index (κ3) is 4.26. The Hall–Kier alpha value is -2.67. The molecule has 1 N–H and O–H groups in total. The maximum absolute atomic E-state index is 11.9. The van der Waals surface area contributed by atoms with E-state index in [1.54, 1.807) is 6.20 Å². The molecule has 0 bridgehead atoms. The van der Waals surface area contributed by atoms with Crippen LogP contribution < -0.4 is 5.32 Å². The number of anilines is 1. The number of nitrogens with zero attached hydrogens (tertiary/aromatic N) is 2. The molecule has 6 nitrogen and oxygen atoms in total. The van der Waals surface area contributed by atoms with Gasteiger partial charge >= 0.3 is 6.09 Å². The van der Waals surface area contributed by atoms with Gasteiger partial charge < -0.3 is 9.47 Å². The van der Waals surface area contributed by atoms with Gasteiger partial charge in [-0.25, -0.2) is 14.8 Å². The molecule has 30 heavy (non-hydrogen) atoms. The van der Waals surface area contributed by atoms with Crippen molar-refractivity contribution >= 4 is 35.2 Å². The molecule has 2 aromatic carbocycles. The molecule has 4 rings (SSSR count). The topological polar surface area (TPSA) is 73.3 Å². The number of rotatable bonds is 5. The summed E-state index contributed by atoms with van der Waals surface area (Å²) < 4.78 is 9.88. The average Bonchev–Trinajstić information content (AvgIpc) is 2.75. The number of amides is 1. The molecule has 154 valence electrons. The number of carbonyl (C=O) groups is 1. The Morgan fingerprint density at radius 2 is 2.00 bits per heavy atom. The molecule has 0 aliphatic heterocycles. The summed E-state index contributed by atoms with van der Waals surface area (Å²) in [5, 5.41) is 3.62. The summed E-state index contributed by atoms with van der Waals surface area (Å²) in [6, 6.07) is 13.8. The molecule has 1 aliphatic carbocycles. The van der Waals surface area contributed by atoms with E-state index in [-0.39, 0.29) is 18.5 Å². The third-order valence-corrected chi connectivity index (χ3v) is 5.70. The molecule has 1 aromatic heterocycles. The van der Waals surface area contributed by atoms with Crippen LogP contribution in [0.1, 0.15) is 22.6 Å². The van der Waals surface area contributed by atoms with Crippen molar-refractivity contribution in [2.24, 2.45) is 0 Å². The first-order valence-corrected chi connectivity index (χ1v) is 10.1. The molecular formula is C22H19Cl2N3O3. The zero-order chi connectivity index (χ0) is 21.1. The number of aromatic nitrogens is 2. The molecule has 1 unspecified atom stereocenters. The highest BCUT2D eigenvalue weighted by Crippen LogP contribution is 2.42. The summed E-state index contributed by atoms with van der Waals surface area (Å²) in [6.45, 7) is 0.476. The first kappa shape index (κ1) is 20.6. The second kappa shape index (κ2) is 9.00. The molecule has 0 saturated heterocycles. The lowest BCUT2D eigenvalue weighted by atomic mass is 9.78. The van der Waals surface area contributed by atoms with Crippen LogP contribution in [0.25, 0.3) is 11.3 Å². The molecule has 3 aromatic rings. The van der Waals surface area contributed by atoms with Crippen LogP contribution in [0.15, 0.2) is 48.7 Å². The Morgan fingerprint density at radius 1 is 1.17 bits per heavy atom. The van der Waals surface area contributed by atoms with E-state index in [1.165, 1.54) is 7.11 Å². The van der Waals surface area contributed by atoms with Gasteiger partial charge in [0, 0.05) is 24.8 Å². The quantitative estimate of drug-likeness (QED) is 0.539. The van der Waals surface area contributed by atoms with Gasteiger partial charge in [-0.2, -0.15) is 0 Å². The van der Waals surface area contributed by atoms with Crippen LogP contribution in [0.2, 0.25) is 10.0 Å². The average molecular weight is 444 g/mol. The minimum absolute atomic E-state index is 0.102. The van der Waals surface area contributed by atoms with E-state index in [0.29, 0.717) is 23.1 Å². The van der Waals surface area contributed by atoms with Crippen LogP contribution >= 0.6 is 23.2 Å². The number of fused-ring (bicyclic) bond motifs is 3. The SMILES string of the molecule is COCCOC(=O)Nc1ncc2c(n1)-c1ccccc1C(c1ccc(Cl)c(Cl)c1)C2. The minimum atomic E-state index is -0.621. The van der Waals surface area contributed by atoms with Gasteiger partial charge in [0.25, 0.3) is 0 Å². The molecule has 1 aliphatic rings. The number of methoxy groups -OCH3 is 1. The van der Waals surface area contributed by atoms with Gasteiger partial charge in [-0.15, -0.1) is 0 Å². The van der Waals surface area contributed by atoms with E-state index in [2.05, 4.69) is 21.4 Å². The molecule has 1 heterocycles. The van der Waals surface area contributed by atoms with Gasteiger partial charge in [-0.05, 0) is 35.2 Å². The van der Waals surface area contributed by atoms with Crippen molar-refractivity contribution in [1.82, 2.24) is 9.97 Å². The number of hydrogen-bond donors (Lipinski definition) is 1. The summed E-state index contributed by atoms with van der Waals surface area (Å²) in [5.74, 6) is 0.295.